The van der Waals surface area contributed by atoms with Gasteiger partial charge in [0.2, 0.25) is 0 Å². The molecular formula is C13H17NO3. The standard InChI is InChI=1S/C13H17NO3/c1-14-4-3-9-7-11-12(17-6-5-16-11)8-10(9)13(14)15-2/h7-8,13H,3-6H2,1-2H3. The van der Waals surface area contributed by atoms with Crippen LogP contribution in [0.25, 0.3) is 0 Å². The second-order valence-electron chi connectivity index (χ2n) is 4.51. The molecular weight excluding hydrogens is 218 g/mol. The summed E-state index contributed by atoms with van der Waals surface area (Å²) in [4.78, 5) is 2.21. The molecule has 1 unspecified atom stereocenters. The number of ether oxygens (including phenoxy) is 3. The molecule has 0 amide bonds. The predicted molar refractivity (Wildman–Crippen MR) is 63.5 cm³/mol. The van der Waals surface area contributed by atoms with E-state index in [-0.39, 0.29) is 6.23 Å². The van der Waals surface area contributed by atoms with Crippen LogP contribution in [0.3, 0.4) is 0 Å². The van der Waals surface area contributed by atoms with Crippen LogP contribution in [0, 0.1) is 0 Å². The Morgan fingerprint density at radius 3 is 2.65 bits per heavy atom. The third kappa shape index (κ3) is 1.77. The summed E-state index contributed by atoms with van der Waals surface area (Å²) in [7, 11) is 3.82. The van der Waals surface area contributed by atoms with Crippen molar-refractivity contribution in [1.29, 1.82) is 0 Å². The molecule has 3 rings (SSSR count). The summed E-state index contributed by atoms with van der Waals surface area (Å²) >= 11 is 0. The maximum absolute atomic E-state index is 5.62. The predicted octanol–water partition coefficient (Wildman–Crippen LogP) is 1.59. The molecule has 2 aliphatic rings. The van der Waals surface area contributed by atoms with Crippen molar-refractivity contribution in [3.8, 4) is 11.5 Å². The third-order valence-corrected chi connectivity index (χ3v) is 3.43. The van der Waals surface area contributed by atoms with Crippen molar-refractivity contribution in [3.63, 3.8) is 0 Å². The van der Waals surface area contributed by atoms with E-state index >= 15 is 0 Å². The van der Waals surface area contributed by atoms with Gasteiger partial charge in [0.25, 0.3) is 0 Å². The summed E-state index contributed by atoms with van der Waals surface area (Å²) in [5, 5.41) is 0. The number of benzene rings is 1. The van der Waals surface area contributed by atoms with E-state index in [1.165, 1.54) is 11.1 Å². The Kier molecular flexibility index (Phi) is 2.68. The number of hydrogen-bond acceptors (Lipinski definition) is 4. The van der Waals surface area contributed by atoms with Gasteiger partial charge >= 0.3 is 0 Å². The van der Waals surface area contributed by atoms with Crippen LogP contribution in [0.2, 0.25) is 0 Å². The molecule has 0 aromatic heterocycles. The van der Waals surface area contributed by atoms with Gasteiger partial charge in [0, 0.05) is 19.2 Å². The summed E-state index contributed by atoms with van der Waals surface area (Å²) in [5.41, 5.74) is 2.50. The van der Waals surface area contributed by atoms with Gasteiger partial charge in [0.1, 0.15) is 19.4 Å². The van der Waals surface area contributed by atoms with Gasteiger partial charge in [-0.1, -0.05) is 0 Å². The lowest BCUT2D eigenvalue weighted by Gasteiger charge is -2.34. The molecule has 0 saturated heterocycles. The quantitative estimate of drug-likeness (QED) is 0.739. The molecule has 4 heteroatoms. The summed E-state index contributed by atoms with van der Waals surface area (Å²) in [5.74, 6) is 1.71. The van der Waals surface area contributed by atoms with E-state index < -0.39 is 0 Å². The Hall–Kier alpha value is -1.26. The number of nitrogens with zero attached hydrogens (tertiary/aromatic N) is 1. The number of hydrogen-bond donors (Lipinski definition) is 0. The van der Waals surface area contributed by atoms with E-state index in [9.17, 15) is 0 Å². The minimum absolute atomic E-state index is 0.0228. The zero-order valence-electron chi connectivity index (χ0n) is 10.2. The highest BCUT2D eigenvalue weighted by Gasteiger charge is 2.27. The number of methoxy groups -OCH3 is 1. The second kappa shape index (κ2) is 4.20. The molecule has 92 valence electrons. The molecule has 0 saturated carbocycles. The van der Waals surface area contributed by atoms with Crippen LogP contribution in [-0.4, -0.2) is 38.8 Å². The highest BCUT2D eigenvalue weighted by Crippen LogP contribution is 2.39. The third-order valence-electron chi connectivity index (χ3n) is 3.43. The Labute approximate surface area is 101 Å². The molecule has 0 radical (unpaired) electrons. The zero-order chi connectivity index (χ0) is 11.8. The van der Waals surface area contributed by atoms with Crippen LogP contribution < -0.4 is 9.47 Å². The van der Waals surface area contributed by atoms with Gasteiger partial charge in [-0.2, -0.15) is 0 Å². The van der Waals surface area contributed by atoms with Gasteiger partial charge < -0.3 is 14.2 Å². The average Bonchev–Trinajstić information content (AvgIpc) is 2.36. The lowest BCUT2D eigenvalue weighted by atomic mass is 9.97. The molecule has 0 N–H and O–H groups in total. The normalized spacial score (nSPS) is 23.3. The van der Waals surface area contributed by atoms with Crippen molar-refractivity contribution < 1.29 is 14.2 Å². The Morgan fingerprint density at radius 2 is 1.94 bits per heavy atom. The van der Waals surface area contributed by atoms with Crippen LogP contribution in [0.1, 0.15) is 17.4 Å². The second-order valence-corrected chi connectivity index (χ2v) is 4.51. The molecule has 1 aromatic carbocycles. The van der Waals surface area contributed by atoms with Crippen molar-refractivity contribution in [2.24, 2.45) is 0 Å². The largest absolute Gasteiger partial charge is 0.486 e. The van der Waals surface area contributed by atoms with E-state index in [2.05, 4.69) is 24.1 Å². The minimum Gasteiger partial charge on any atom is -0.486 e. The fourth-order valence-electron chi connectivity index (χ4n) is 2.55. The first kappa shape index (κ1) is 10.9. The summed E-state index contributed by atoms with van der Waals surface area (Å²) in [6.45, 7) is 2.27. The topological polar surface area (TPSA) is 30.9 Å². The van der Waals surface area contributed by atoms with E-state index in [4.69, 9.17) is 14.2 Å². The van der Waals surface area contributed by atoms with Gasteiger partial charge in [-0.3, -0.25) is 4.90 Å². The van der Waals surface area contributed by atoms with E-state index in [1.807, 2.05) is 0 Å². The van der Waals surface area contributed by atoms with Crippen LogP contribution in [0.5, 0.6) is 11.5 Å². The molecule has 1 atom stereocenters. The van der Waals surface area contributed by atoms with Crippen molar-refractivity contribution in [3.05, 3.63) is 23.3 Å². The number of rotatable bonds is 1. The summed E-state index contributed by atoms with van der Waals surface area (Å²) in [6, 6.07) is 4.16. The van der Waals surface area contributed by atoms with Crippen molar-refractivity contribution in [2.75, 3.05) is 33.9 Å². The van der Waals surface area contributed by atoms with E-state index in [0.717, 1.165) is 24.5 Å². The molecule has 0 spiro atoms. The van der Waals surface area contributed by atoms with Crippen LogP contribution in [-0.2, 0) is 11.2 Å². The molecule has 4 nitrogen and oxygen atoms in total. The van der Waals surface area contributed by atoms with Gasteiger partial charge in [-0.15, -0.1) is 0 Å². The fraction of sp³-hybridized carbons (Fsp3) is 0.538. The van der Waals surface area contributed by atoms with Crippen LogP contribution >= 0.6 is 0 Å². The molecule has 1 aromatic rings. The first-order valence-corrected chi connectivity index (χ1v) is 5.95. The highest BCUT2D eigenvalue weighted by molar-refractivity contribution is 5.49. The molecule has 17 heavy (non-hydrogen) atoms. The fourth-order valence-corrected chi connectivity index (χ4v) is 2.55. The number of fused-ring (bicyclic) bond motifs is 2. The maximum atomic E-state index is 5.62. The monoisotopic (exact) mass is 235 g/mol. The minimum atomic E-state index is 0.0228. The Bertz CT molecular complexity index is 433. The Balaban J connectivity index is 2.05. The van der Waals surface area contributed by atoms with Gasteiger partial charge in [-0.25, -0.2) is 0 Å². The lowest BCUT2D eigenvalue weighted by molar-refractivity contribution is -0.0269. The molecule has 2 aliphatic heterocycles. The van der Waals surface area contributed by atoms with Crippen LogP contribution in [0.4, 0.5) is 0 Å². The average molecular weight is 235 g/mol. The molecule has 2 heterocycles. The summed E-state index contributed by atoms with van der Waals surface area (Å²) < 4.78 is 16.8. The van der Waals surface area contributed by atoms with Crippen molar-refractivity contribution >= 4 is 0 Å². The smallest absolute Gasteiger partial charge is 0.161 e. The van der Waals surface area contributed by atoms with Crippen molar-refractivity contribution in [2.45, 2.75) is 12.6 Å². The maximum Gasteiger partial charge on any atom is 0.161 e. The van der Waals surface area contributed by atoms with E-state index in [1.54, 1.807) is 7.11 Å². The Morgan fingerprint density at radius 1 is 1.24 bits per heavy atom. The van der Waals surface area contributed by atoms with Gasteiger partial charge in [0.05, 0.1) is 0 Å². The lowest BCUT2D eigenvalue weighted by Crippen LogP contribution is -2.33. The highest BCUT2D eigenvalue weighted by atomic mass is 16.6. The van der Waals surface area contributed by atoms with Crippen molar-refractivity contribution in [1.82, 2.24) is 4.90 Å². The van der Waals surface area contributed by atoms with E-state index in [0.29, 0.717) is 13.2 Å². The number of likely N-dealkylation sites (N-methyl/N-ethyl adjacent to an activating group) is 1. The van der Waals surface area contributed by atoms with Crippen LogP contribution in [0.15, 0.2) is 12.1 Å². The molecule has 0 fully saturated rings. The SMILES string of the molecule is COC1c2cc3c(cc2CCN1C)OCCO3. The summed E-state index contributed by atoms with van der Waals surface area (Å²) in [6.07, 6.45) is 1.05. The zero-order valence-corrected chi connectivity index (χ0v) is 10.2. The van der Waals surface area contributed by atoms with Gasteiger partial charge in [0.15, 0.2) is 11.5 Å². The molecule has 0 aliphatic carbocycles. The first-order valence-electron chi connectivity index (χ1n) is 5.95. The molecule has 0 bridgehead atoms. The first-order chi connectivity index (χ1) is 8.29. The van der Waals surface area contributed by atoms with Gasteiger partial charge in [-0.05, 0) is 31.2 Å².